The number of ether oxygens (including phenoxy) is 1. The highest BCUT2D eigenvalue weighted by Gasteiger charge is 2.32. The number of anilines is 1. The van der Waals surface area contributed by atoms with Crippen LogP contribution in [-0.2, 0) is 16.0 Å². The molecular formula is C30H47ClN4O4. The Morgan fingerprint density at radius 2 is 1.59 bits per heavy atom. The number of likely N-dealkylation sites (tertiary alicyclic amines) is 2. The number of halogens is 1. The summed E-state index contributed by atoms with van der Waals surface area (Å²) in [5.41, 5.74) is 7.41. The maximum absolute atomic E-state index is 12.7. The largest absolute Gasteiger partial charge is 0.481 e. The average Bonchev–Trinajstić information content (AvgIpc) is 3.38. The van der Waals surface area contributed by atoms with Gasteiger partial charge in [-0.05, 0) is 95.2 Å². The summed E-state index contributed by atoms with van der Waals surface area (Å²) < 4.78 is 5.83. The third-order valence-corrected chi connectivity index (χ3v) is 9.15. The lowest BCUT2D eigenvalue weighted by molar-refractivity contribution is -0.137. The molecule has 4 N–H and O–H groups in total. The molecule has 0 aromatic heterocycles. The summed E-state index contributed by atoms with van der Waals surface area (Å²) in [6, 6.07) is 3.50. The van der Waals surface area contributed by atoms with E-state index in [0.29, 0.717) is 41.8 Å². The van der Waals surface area contributed by atoms with Crippen LogP contribution in [0.15, 0.2) is 12.1 Å². The Bertz CT molecular complexity index is 945. The van der Waals surface area contributed by atoms with Gasteiger partial charge in [0, 0.05) is 31.5 Å². The second-order valence-corrected chi connectivity index (χ2v) is 12.2. The Morgan fingerprint density at radius 3 is 2.31 bits per heavy atom. The van der Waals surface area contributed by atoms with E-state index in [9.17, 15) is 9.59 Å². The lowest BCUT2D eigenvalue weighted by Crippen LogP contribution is -2.44. The van der Waals surface area contributed by atoms with Gasteiger partial charge in [0.05, 0.1) is 10.7 Å². The minimum Gasteiger partial charge on any atom is -0.481 e. The zero-order valence-electron chi connectivity index (χ0n) is 23.3. The monoisotopic (exact) mass is 562 g/mol. The topological polar surface area (TPSA) is 108 Å². The molecule has 0 bridgehead atoms. The number of carboxylic acid groups (broad SMARTS) is 1. The van der Waals surface area contributed by atoms with E-state index in [1.54, 1.807) is 12.1 Å². The first-order valence-electron chi connectivity index (χ1n) is 15.1. The minimum absolute atomic E-state index is 0.0633. The third kappa shape index (κ3) is 9.25. The van der Waals surface area contributed by atoms with E-state index in [2.05, 4.69) is 15.1 Å². The van der Waals surface area contributed by atoms with Gasteiger partial charge in [-0.15, -0.1) is 0 Å². The lowest BCUT2D eigenvalue weighted by atomic mass is 9.92. The first-order chi connectivity index (χ1) is 18.9. The Hall–Kier alpha value is -2.03. The van der Waals surface area contributed by atoms with Gasteiger partial charge in [0.1, 0.15) is 5.75 Å². The van der Waals surface area contributed by atoms with E-state index in [0.717, 1.165) is 56.7 Å². The highest BCUT2D eigenvalue weighted by atomic mass is 35.5. The second-order valence-electron chi connectivity index (χ2n) is 11.8. The number of nitrogens with two attached hydrogens (primary N) is 1. The fourth-order valence-corrected chi connectivity index (χ4v) is 6.45. The zero-order valence-corrected chi connectivity index (χ0v) is 24.1. The van der Waals surface area contributed by atoms with Gasteiger partial charge in [-0.2, -0.15) is 0 Å². The molecule has 1 aromatic rings. The molecule has 0 aliphatic carbocycles. The molecule has 0 saturated carbocycles. The smallest absolute Gasteiger partial charge is 0.303 e. The van der Waals surface area contributed by atoms with E-state index < -0.39 is 12.1 Å². The number of nitrogens with zero attached hydrogens (tertiary/aromatic N) is 2. The molecule has 1 aromatic carbocycles. The number of piperidine rings is 2. The van der Waals surface area contributed by atoms with Crippen molar-refractivity contribution in [3.8, 4) is 5.75 Å². The number of nitrogen functional groups attached to an aromatic ring is 1. The molecule has 39 heavy (non-hydrogen) atoms. The summed E-state index contributed by atoms with van der Waals surface area (Å²) in [5, 5.41) is 12.3. The van der Waals surface area contributed by atoms with Crippen LogP contribution in [0.4, 0.5) is 5.69 Å². The standard InChI is InChI=1S/C30H47ClN4O4/c31-25-8-9-26-24(29(25)32)19-27(39-26)30(38)33-20-22-10-17-35(18-11-22)21-23-12-15-34(16-13-23)14-6-4-2-1-3-5-7-28(36)37/h8-9,22-23,27H,1-7,10-21,32H2,(H,33,38)(H,36,37). The van der Waals surface area contributed by atoms with Crippen LogP contribution >= 0.6 is 11.6 Å². The Morgan fingerprint density at radius 1 is 0.949 bits per heavy atom. The fraction of sp³-hybridized carbons (Fsp3) is 0.733. The predicted octanol–water partition coefficient (Wildman–Crippen LogP) is 4.58. The lowest BCUT2D eigenvalue weighted by Gasteiger charge is -2.37. The van der Waals surface area contributed by atoms with Crippen molar-refractivity contribution in [2.24, 2.45) is 11.8 Å². The van der Waals surface area contributed by atoms with Crippen molar-refractivity contribution < 1.29 is 19.4 Å². The Kier molecular flexibility index (Phi) is 11.6. The molecule has 2 saturated heterocycles. The fourth-order valence-electron chi connectivity index (χ4n) is 6.27. The van der Waals surface area contributed by atoms with Gasteiger partial charge < -0.3 is 30.7 Å². The molecule has 2 fully saturated rings. The SMILES string of the molecule is Nc1c(Cl)ccc2c1CC(C(=O)NCC1CCN(CC3CCN(CCCCCCCCC(=O)O)CC3)CC1)O2. The van der Waals surface area contributed by atoms with Crippen LogP contribution in [0, 0.1) is 11.8 Å². The molecule has 3 aliphatic rings. The number of unbranched alkanes of at least 4 members (excludes halogenated alkanes) is 5. The minimum atomic E-state index is -0.676. The highest BCUT2D eigenvalue weighted by molar-refractivity contribution is 6.33. The molecule has 3 aliphatic heterocycles. The number of aliphatic carboxylic acids is 1. The van der Waals surface area contributed by atoms with Crippen LogP contribution in [0.1, 0.15) is 76.2 Å². The van der Waals surface area contributed by atoms with Gasteiger partial charge in [-0.1, -0.05) is 37.3 Å². The molecule has 1 unspecified atom stereocenters. The molecule has 0 radical (unpaired) electrons. The van der Waals surface area contributed by atoms with Crippen molar-refractivity contribution in [1.82, 2.24) is 15.1 Å². The Labute approximate surface area is 238 Å². The van der Waals surface area contributed by atoms with Gasteiger partial charge in [-0.3, -0.25) is 9.59 Å². The molecule has 8 nitrogen and oxygen atoms in total. The maximum Gasteiger partial charge on any atom is 0.303 e. The number of carbonyl (C=O) groups excluding carboxylic acids is 1. The van der Waals surface area contributed by atoms with Gasteiger partial charge in [0.2, 0.25) is 0 Å². The van der Waals surface area contributed by atoms with Gasteiger partial charge in [0.15, 0.2) is 6.10 Å². The van der Waals surface area contributed by atoms with Crippen LogP contribution in [0.5, 0.6) is 5.75 Å². The quantitative estimate of drug-likeness (QED) is 0.225. The summed E-state index contributed by atoms with van der Waals surface area (Å²) in [6.45, 7) is 7.80. The number of nitrogens with one attached hydrogen (secondary N) is 1. The number of benzene rings is 1. The van der Waals surface area contributed by atoms with E-state index in [4.69, 9.17) is 27.2 Å². The van der Waals surface area contributed by atoms with E-state index in [1.807, 2.05) is 0 Å². The summed E-state index contributed by atoms with van der Waals surface area (Å²) in [6.07, 6.45) is 11.9. The molecule has 4 rings (SSSR count). The molecule has 218 valence electrons. The summed E-state index contributed by atoms with van der Waals surface area (Å²) in [5.74, 6) is 1.25. The molecule has 9 heteroatoms. The van der Waals surface area contributed by atoms with E-state index >= 15 is 0 Å². The van der Waals surface area contributed by atoms with Crippen molar-refractivity contribution in [2.45, 2.75) is 83.2 Å². The predicted molar refractivity (Wildman–Crippen MR) is 155 cm³/mol. The number of fused-ring (bicyclic) bond motifs is 1. The van der Waals surface area contributed by atoms with Crippen LogP contribution < -0.4 is 15.8 Å². The first-order valence-corrected chi connectivity index (χ1v) is 15.4. The molecule has 3 heterocycles. The number of hydrogen-bond donors (Lipinski definition) is 3. The maximum atomic E-state index is 12.7. The highest BCUT2D eigenvalue weighted by Crippen LogP contribution is 2.37. The van der Waals surface area contributed by atoms with Gasteiger partial charge in [-0.25, -0.2) is 0 Å². The number of carboxylic acids is 1. The van der Waals surface area contributed by atoms with Crippen LogP contribution in [-0.4, -0.2) is 78.7 Å². The summed E-state index contributed by atoms with van der Waals surface area (Å²) in [7, 11) is 0. The third-order valence-electron chi connectivity index (χ3n) is 8.82. The van der Waals surface area contributed by atoms with Crippen LogP contribution in [0.3, 0.4) is 0 Å². The van der Waals surface area contributed by atoms with Crippen molar-refractivity contribution in [2.75, 3.05) is 51.5 Å². The van der Waals surface area contributed by atoms with Gasteiger partial charge in [0.25, 0.3) is 5.91 Å². The number of hydrogen-bond acceptors (Lipinski definition) is 6. The van der Waals surface area contributed by atoms with Crippen molar-refractivity contribution in [1.29, 1.82) is 0 Å². The van der Waals surface area contributed by atoms with E-state index in [1.165, 1.54) is 58.3 Å². The van der Waals surface area contributed by atoms with Crippen molar-refractivity contribution in [3.63, 3.8) is 0 Å². The molecule has 1 atom stereocenters. The van der Waals surface area contributed by atoms with Crippen LogP contribution in [0.2, 0.25) is 5.02 Å². The molecule has 0 spiro atoms. The first kappa shape index (κ1) is 29.9. The average molecular weight is 563 g/mol. The summed E-state index contributed by atoms with van der Waals surface area (Å²) in [4.78, 5) is 28.5. The van der Waals surface area contributed by atoms with Crippen molar-refractivity contribution in [3.05, 3.63) is 22.7 Å². The number of rotatable bonds is 14. The molecular weight excluding hydrogens is 516 g/mol. The second kappa shape index (κ2) is 15.1. The molecule has 1 amide bonds. The van der Waals surface area contributed by atoms with Crippen molar-refractivity contribution >= 4 is 29.2 Å². The number of carbonyl (C=O) groups is 2. The van der Waals surface area contributed by atoms with E-state index in [-0.39, 0.29) is 5.91 Å². The summed E-state index contributed by atoms with van der Waals surface area (Å²) >= 11 is 6.11. The Balaban J connectivity index is 1.02. The zero-order chi connectivity index (χ0) is 27.6. The normalized spacial score (nSPS) is 21.0. The number of amides is 1. The van der Waals surface area contributed by atoms with Crippen LogP contribution in [0.25, 0.3) is 0 Å². The van der Waals surface area contributed by atoms with Gasteiger partial charge >= 0.3 is 5.97 Å².